The van der Waals surface area contributed by atoms with Crippen LogP contribution in [-0.4, -0.2) is 17.4 Å². The number of carbonyl (C=O) groups is 1. The molecule has 1 heterocycles. The van der Waals surface area contributed by atoms with E-state index in [1.807, 2.05) is 6.07 Å². The minimum absolute atomic E-state index is 0. The van der Waals surface area contributed by atoms with Gasteiger partial charge in [-0.25, -0.2) is 0 Å². The highest BCUT2D eigenvalue weighted by Gasteiger charge is 2.19. The molecule has 0 fully saturated rings. The summed E-state index contributed by atoms with van der Waals surface area (Å²) in [5.74, 6) is 0. The van der Waals surface area contributed by atoms with Gasteiger partial charge in [-0.3, -0.25) is 4.79 Å². The van der Waals surface area contributed by atoms with E-state index in [9.17, 15) is 4.79 Å². The summed E-state index contributed by atoms with van der Waals surface area (Å²) in [6.07, 6.45) is 3.76. The van der Waals surface area contributed by atoms with E-state index in [2.05, 4.69) is 22.4 Å². The molecule has 1 aromatic carbocycles. The first-order chi connectivity index (χ1) is 8.78. The summed E-state index contributed by atoms with van der Waals surface area (Å²) in [5, 5.41) is 3.95. The molecule has 1 atom stereocenters. The monoisotopic (exact) mass is 279 g/mol. The number of amides is 1. The second kappa shape index (κ2) is 5.63. The van der Waals surface area contributed by atoms with Crippen molar-refractivity contribution in [3.63, 3.8) is 0 Å². The second-order valence-electron chi connectivity index (χ2n) is 4.96. The van der Waals surface area contributed by atoms with Gasteiger partial charge in [-0.2, -0.15) is 0 Å². The highest BCUT2D eigenvalue weighted by molar-refractivity contribution is 5.86. The zero-order valence-corrected chi connectivity index (χ0v) is 11.4. The molecule has 19 heavy (non-hydrogen) atoms. The third-order valence-electron chi connectivity index (χ3n) is 3.68. The van der Waals surface area contributed by atoms with Gasteiger partial charge in [0.05, 0.1) is 0 Å². The molecule has 4 nitrogen and oxygen atoms in total. The zero-order chi connectivity index (χ0) is 12.5. The molecule has 1 aliphatic rings. The molecule has 0 aliphatic heterocycles. The lowest BCUT2D eigenvalue weighted by molar-refractivity contribution is -0.109. The summed E-state index contributed by atoms with van der Waals surface area (Å²) in [6.45, 7) is 0.575. The number of nitrogens with one attached hydrogen (secondary N) is 2. The van der Waals surface area contributed by atoms with E-state index in [4.69, 9.17) is 5.73 Å². The van der Waals surface area contributed by atoms with Crippen LogP contribution in [0.3, 0.4) is 0 Å². The SMILES string of the molecule is Cl.NC1CCc2[nH]c3ccc(CNC=O)cc3c2C1. The minimum Gasteiger partial charge on any atom is -0.358 e. The van der Waals surface area contributed by atoms with Crippen LogP contribution in [0.4, 0.5) is 0 Å². The first-order valence-corrected chi connectivity index (χ1v) is 6.33. The van der Waals surface area contributed by atoms with Gasteiger partial charge >= 0.3 is 0 Å². The maximum atomic E-state index is 10.3. The van der Waals surface area contributed by atoms with Crippen LogP contribution in [0.15, 0.2) is 18.2 Å². The van der Waals surface area contributed by atoms with Crippen LogP contribution >= 0.6 is 12.4 Å². The summed E-state index contributed by atoms with van der Waals surface area (Å²) in [4.78, 5) is 13.8. The van der Waals surface area contributed by atoms with E-state index >= 15 is 0 Å². The summed E-state index contributed by atoms with van der Waals surface area (Å²) < 4.78 is 0. The zero-order valence-electron chi connectivity index (χ0n) is 10.6. The predicted molar refractivity (Wildman–Crippen MR) is 78.5 cm³/mol. The average Bonchev–Trinajstić information content (AvgIpc) is 2.74. The summed E-state index contributed by atoms with van der Waals surface area (Å²) in [6, 6.07) is 6.55. The Morgan fingerprint density at radius 3 is 3.11 bits per heavy atom. The van der Waals surface area contributed by atoms with E-state index in [1.54, 1.807) is 0 Å². The molecule has 5 heteroatoms. The molecule has 0 saturated heterocycles. The fourth-order valence-electron chi connectivity index (χ4n) is 2.76. The number of H-pyrrole nitrogens is 1. The Balaban J connectivity index is 0.00000133. The molecule has 0 saturated carbocycles. The van der Waals surface area contributed by atoms with Crippen molar-refractivity contribution < 1.29 is 4.79 Å². The maximum absolute atomic E-state index is 10.3. The molecule has 1 aromatic heterocycles. The number of hydrogen-bond acceptors (Lipinski definition) is 2. The highest BCUT2D eigenvalue weighted by Crippen LogP contribution is 2.29. The van der Waals surface area contributed by atoms with Crippen LogP contribution in [0.2, 0.25) is 0 Å². The molecular weight excluding hydrogens is 262 g/mol. The van der Waals surface area contributed by atoms with Crippen molar-refractivity contribution in [2.45, 2.75) is 31.8 Å². The number of aryl methyl sites for hydroxylation is 1. The Morgan fingerprint density at radius 1 is 1.47 bits per heavy atom. The van der Waals surface area contributed by atoms with Crippen molar-refractivity contribution in [2.24, 2.45) is 5.73 Å². The van der Waals surface area contributed by atoms with E-state index in [0.717, 1.165) is 31.2 Å². The largest absolute Gasteiger partial charge is 0.358 e. The molecule has 1 amide bonds. The fourth-order valence-corrected chi connectivity index (χ4v) is 2.76. The Hall–Kier alpha value is -1.52. The van der Waals surface area contributed by atoms with Crippen molar-refractivity contribution >= 4 is 29.7 Å². The number of carbonyl (C=O) groups excluding carboxylic acids is 1. The van der Waals surface area contributed by atoms with Crippen LogP contribution in [0.25, 0.3) is 10.9 Å². The van der Waals surface area contributed by atoms with Gasteiger partial charge in [0.15, 0.2) is 0 Å². The van der Waals surface area contributed by atoms with Gasteiger partial charge < -0.3 is 16.0 Å². The first-order valence-electron chi connectivity index (χ1n) is 6.33. The Labute approximate surface area is 118 Å². The molecule has 102 valence electrons. The fraction of sp³-hybridized carbons (Fsp3) is 0.357. The molecule has 4 N–H and O–H groups in total. The number of benzene rings is 1. The van der Waals surface area contributed by atoms with Crippen molar-refractivity contribution in [3.05, 3.63) is 35.0 Å². The number of rotatable bonds is 3. The lowest BCUT2D eigenvalue weighted by atomic mass is 9.92. The molecule has 0 radical (unpaired) electrons. The summed E-state index contributed by atoms with van der Waals surface area (Å²) in [5.41, 5.74) is 11.0. The minimum atomic E-state index is 0. The van der Waals surface area contributed by atoms with Crippen molar-refractivity contribution in [2.75, 3.05) is 0 Å². The number of aromatic nitrogens is 1. The van der Waals surface area contributed by atoms with Crippen LogP contribution in [-0.2, 0) is 24.2 Å². The molecule has 3 rings (SSSR count). The van der Waals surface area contributed by atoms with Crippen molar-refractivity contribution in [3.8, 4) is 0 Å². The molecule has 1 aliphatic carbocycles. The van der Waals surface area contributed by atoms with E-state index in [-0.39, 0.29) is 18.4 Å². The standard InChI is InChI=1S/C14H17N3O.ClH/c15-10-2-4-14-12(6-10)11-5-9(7-16-8-18)1-3-13(11)17-14;/h1,3,5,8,10,17H,2,4,6-7,15H2,(H,16,18);1H. The number of aromatic amines is 1. The lowest BCUT2D eigenvalue weighted by Gasteiger charge is -2.18. The smallest absolute Gasteiger partial charge is 0.207 e. The van der Waals surface area contributed by atoms with Crippen molar-refractivity contribution in [1.82, 2.24) is 10.3 Å². The van der Waals surface area contributed by atoms with Gasteiger partial charge in [-0.1, -0.05) is 6.07 Å². The van der Waals surface area contributed by atoms with Crippen molar-refractivity contribution in [1.29, 1.82) is 0 Å². The third kappa shape index (κ3) is 2.60. The Bertz CT molecular complexity index is 594. The van der Waals surface area contributed by atoms with Gasteiger partial charge in [0.2, 0.25) is 6.41 Å². The topological polar surface area (TPSA) is 70.9 Å². The van der Waals surface area contributed by atoms with Gasteiger partial charge in [-0.05, 0) is 42.5 Å². The molecule has 0 spiro atoms. The normalized spacial score (nSPS) is 17.6. The summed E-state index contributed by atoms with van der Waals surface area (Å²) >= 11 is 0. The second-order valence-corrected chi connectivity index (χ2v) is 4.96. The van der Waals surface area contributed by atoms with Gasteiger partial charge in [-0.15, -0.1) is 12.4 Å². The maximum Gasteiger partial charge on any atom is 0.207 e. The van der Waals surface area contributed by atoms with Crippen LogP contribution < -0.4 is 11.1 Å². The lowest BCUT2D eigenvalue weighted by Crippen LogP contribution is -2.27. The molecule has 1 unspecified atom stereocenters. The number of nitrogens with two attached hydrogens (primary N) is 1. The van der Waals surface area contributed by atoms with Gasteiger partial charge in [0.1, 0.15) is 0 Å². The predicted octanol–water partition coefficient (Wildman–Crippen LogP) is 1.65. The average molecular weight is 280 g/mol. The van der Waals surface area contributed by atoms with Crippen LogP contribution in [0, 0.1) is 0 Å². The van der Waals surface area contributed by atoms with Crippen LogP contribution in [0.5, 0.6) is 0 Å². The number of hydrogen-bond donors (Lipinski definition) is 3. The van der Waals surface area contributed by atoms with Crippen LogP contribution in [0.1, 0.15) is 23.2 Å². The van der Waals surface area contributed by atoms with Gasteiger partial charge in [0.25, 0.3) is 0 Å². The highest BCUT2D eigenvalue weighted by atomic mass is 35.5. The van der Waals surface area contributed by atoms with E-state index in [1.165, 1.54) is 22.2 Å². The summed E-state index contributed by atoms with van der Waals surface area (Å²) in [7, 11) is 0. The Kier molecular flexibility index (Phi) is 4.12. The quantitative estimate of drug-likeness (QED) is 0.748. The van der Waals surface area contributed by atoms with Gasteiger partial charge in [0, 0.05) is 29.2 Å². The van der Waals surface area contributed by atoms with E-state index < -0.39 is 0 Å². The number of halogens is 1. The van der Waals surface area contributed by atoms with E-state index in [0.29, 0.717) is 6.54 Å². The third-order valence-corrected chi connectivity index (χ3v) is 3.68. The molecule has 2 aromatic rings. The first kappa shape index (κ1) is 13.9. The Morgan fingerprint density at radius 2 is 2.32 bits per heavy atom. The molecular formula is C14H18ClN3O. The molecule has 0 bridgehead atoms. The number of fused-ring (bicyclic) bond motifs is 3.